The molecule has 4 rings (SSSR count). The highest BCUT2D eigenvalue weighted by molar-refractivity contribution is 6.12. The average molecular weight is 421 g/mol. The summed E-state index contributed by atoms with van der Waals surface area (Å²) in [6.07, 6.45) is 1.57. The standard InChI is InChI=1S/C24H28N4O3/c1-15-9-10-16(2)18(12-15)28-21(29)19-13-17(20-8-7-11-31-20)26-27(19)14-24(28,6)22(30)25-23(3,4)5/h7-13H,14H2,1-6H3,(H,25,30)/t24-/m1/s1. The smallest absolute Gasteiger partial charge is 0.277 e. The van der Waals surface area contributed by atoms with Gasteiger partial charge in [-0.05, 0) is 70.9 Å². The predicted molar refractivity (Wildman–Crippen MR) is 119 cm³/mol. The minimum absolute atomic E-state index is 0.226. The van der Waals surface area contributed by atoms with Gasteiger partial charge in [0.05, 0.1) is 12.8 Å². The maximum absolute atomic E-state index is 13.8. The number of hydrogen-bond donors (Lipinski definition) is 1. The summed E-state index contributed by atoms with van der Waals surface area (Å²) < 4.78 is 7.08. The van der Waals surface area contributed by atoms with Gasteiger partial charge in [0, 0.05) is 17.3 Å². The maximum Gasteiger partial charge on any atom is 0.277 e. The minimum Gasteiger partial charge on any atom is -0.463 e. The first-order valence-corrected chi connectivity index (χ1v) is 10.4. The molecule has 31 heavy (non-hydrogen) atoms. The summed E-state index contributed by atoms with van der Waals surface area (Å²) in [5.41, 5.74) is 2.05. The SMILES string of the molecule is Cc1ccc(C)c(N2C(=O)c3cc(-c4ccco4)nn3C[C@]2(C)C(=O)NC(C)(C)C)c1. The van der Waals surface area contributed by atoms with Gasteiger partial charge in [-0.2, -0.15) is 5.10 Å². The van der Waals surface area contributed by atoms with Crippen molar-refractivity contribution in [2.75, 3.05) is 4.90 Å². The Labute approximate surface area is 182 Å². The molecule has 0 radical (unpaired) electrons. The summed E-state index contributed by atoms with van der Waals surface area (Å²) in [7, 11) is 0. The molecular weight excluding hydrogens is 392 g/mol. The Bertz CT molecular complexity index is 1150. The average Bonchev–Trinajstić information content (AvgIpc) is 3.32. The van der Waals surface area contributed by atoms with E-state index in [2.05, 4.69) is 10.4 Å². The van der Waals surface area contributed by atoms with Gasteiger partial charge in [0.1, 0.15) is 16.9 Å². The van der Waals surface area contributed by atoms with Crippen molar-refractivity contribution in [3.63, 3.8) is 0 Å². The third-order valence-electron chi connectivity index (χ3n) is 5.51. The Kier molecular flexibility index (Phi) is 4.80. The van der Waals surface area contributed by atoms with Crippen molar-refractivity contribution in [3.05, 3.63) is 59.5 Å². The zero-order valence-corrected chi connectivity index (χ0v) is 18.8. The lowest BCUT2D eigenvalue weighted by atomic mass is 9.91. The summed E-state index contributed by atoms with van der Waals surface area (Å²) >= 11 is 0. The number of carbonyl (C=O) groups is 2. The van der Waals surface area contributed by atoms with E-state index in [1.54, 1.807) is 41.0 Å². The molecule has 0 saturated carbocycles. The van der Waals surface area contributed by atoms with Gasteiger partial charge in [0.15, 0.2) is 5.76 Å². The highest BCUT2D eigenvalue weighted by Crippen LogP contribution is 2.36. The van der Waals surface area contributed by atoms with Gasteiger partial charge in [0.2, 0.25) is 5.91 Å². The first-order chi connectivity index (χ1) is 14.5. The van der Waals surface area contributed by atoms with Crippen LogP contribution >= 0.6 is 0 Å². The van der Waals surface area contributed by atoms with Gasteiger partial charge in [-0.15, -0.1) is 0 Å². The van der Waals surface area contributed by atoms with Gasteiger partial charge in [-0.1, -0.05) is 12.1 Å². The quantitative estimate of drug-likeness (QED) is 0.692. The topological polar surface area (TPSA) is 80.4 Å². The molecule has 2 amide bonds. The van der Waals surface area contributed by atoms with Crippen molar-refractivity contribution in [2.45, 2.75) is 59.2 Å². The van der Waals surface area contributed by atoms with Gasteiger partial charge in [-0.25, -0.2) is 0 Å². The predicted octanol–water partition coefficient (Wildman–Crippen LogP) is 4.09. The summed E-state index contributed by atoms with van der Waals surface area (Å²) in [5, 5.41) is 7.64. The monoisotopic (exact) mass is 420 g/mol. The number of nitrogens with zero attached hydrogens (tertiary/aromatic N) is 3. The second-order valence-corrected chi connectivity index (χ2v) is 9.46. The van der Waals surface area contributed by atoms with Crippen LogP contribution in [0.25, 0.3) is 11.5 Å². The fourth-order valence-electron chi connectivity index (χ4n) is 3.94. The Balaban J connectivity index is 1.88. The molecule has 7 nitrogen and oxygen atoms in total. The molecule has 1 aliphatic heterocycles. The molecule has 0 bridgehead atoms. The first kappa shape index (κ1) is 20.9. The van der Waals surface area contributed by atoms with Crippen LogP contribution in [0.3, 0.4) is 0 Å². The van der Waals surface area contributed by atoms with Crippen LogP contribution in [-0.4, -0.2) is 32.7 Å². The minimum atomic E-state index is -1.16. The van der Waals surface area contributed by atoms with Crippen LogP contribution in [0.2, 0.25) is 0 Å². The van der Waals surface area contributed by atoms with Crippen LogP contribution in [0.15, 0.2) is 47.1 Å². The lowest BCUT2D eigenvalue weighted by Gasteiger charge is -2.44. The summed E-state index contributed by atoms with van der Waals surface area (Å²) in [5.74, 6) is 0.0839. The molecule has 1 aliphatic rings. The number of benzene rings is 1. The van der Waals surface area contributed by atoms with Crippen LogP contribution in [0.4, 0.5) is 5.69 Å². The summed E-state index contributed by atoms with van der Waals surface area (Å²) in [4.78, 5) is 29.0. The maximum atomic E-state index is 13.8. The second-order valence-electron chi connectivity index (χ2n) is 9.46. The lowest BCUT2D eigenvalue weighted by molar-refractivity contribution is -0.128. The molecule has 7 heteroatoms. The molecule has 3 heterocycles. The van der Waals surface area contributed by atoms with E-state index in [9.17, 15) is 9.59 Å². The number of carbonyl (C=O) groups excluding carboxylic acids is 2. The fraction of sp³-hybridized carbons (Fsp3) is 0.375. The normalized spacial score (nSPS) is 18.8. The third kappa shape index (κ3) is 3.65. The van der Waals surface area contributed by atoms with Gasteiger partial charge in [0.25, 0.3) is 5.91 Å². The molecule has 1 atom stereocenters. The molecule has 0 spiro atoms. The number of anilines is 1. The zero-order chi connectivity index (χ0) is 22.6. The molecule has 1 aromatic carbocycles. The third-order valence-corrected chi connectivity index (χ3v) is 5.51. The van der Waals surface area contributed by atoms with E-state index < -0.39 is 11.1 Å². The number of aryl methyl sites for hydroxylation is 2. The highest BCUT2D eigenvalue weighted by Gasteiger charge is 2.50. The molecule has 0 aliphatic carbocycles. The number of rotatable bonds is 3. The Morgan fingerprint density at radius 3 is 2.58 bits per heavy atom. The number of furan rings is 1. The number of hydrogen-bond acceptors (Lipinski definition) is 4. The van der Waals surface area contributed by atoms with Crippen molar-refractivity contribution in [1.29, 1.82) is 0 Å². The van der Waals surface area contributed by atoms with Crippen LogP contribution < -0.4 is 10.2 Å². The van der Waals surface area contributed by atoms with Crippen molar-refractivity contribution in [3.8, 4) is 11.5 Å². The van der Waals surface area contributed by atoms with Crippen molar-refractivity contribution in [1.82, 2.24) is 15.1 Å². The Morgan fingerprint density at radius 2 is 1.94 bits per heavy atom. The highest BCUT2D eigenvalue weighted by atomic mass is 16.3. The first-order valence-electron chi connectivity index (χ1n) is 10.4. The van der Waals surface area contributed by atoms with Crippen molar-refractivity contribution in [2.24, 2.45) is 0 Å². The molecular formula is C24H28N4O3. The fourth-order valence-corrected chi connectivity index (χ4v) is 3.94. The van der Waals surface area contributed by atoms with E-state index in [0.29, 0.717) is 17.1 Å². The molecule has 0 unspecified atom stereocenters. The molecule has 0 fully saturated rings. The summed E-state index contributed by atoms with van der Waals surface area (Å²) in [6, 6.07) is 11.2. The lowest BCUT2D eigenvalue weighted by Crippen LogP contribution is -2.66. The van der Waals surface area contributed by atoms with Crippen LogP contribution in [0.1, 0.15) is 49.3 Å². The van der Waals surface area contributed by atoms with E-state index in [-0.39, 0.29) is 18.4 Å². The van der Waals surface area contributed by atoms with Crippen molar-refractivity contribution < 1.29 is 14.0 Å². The van der Waals surface area contributed by atoms with E-state index >= 15 is 0 Å². The molecule has 162 valence electrons. The molecule has 1 N–H and O–H groups in total. The van der Waals surface area contributed by atoms with E-state index in [1.807, 2.05) is 52.8 Å². The number of nitrogens with one attached hydrogen (secondary N) is 1. The largest absolute Gasteiger partial charge is 0.463 e. The number of fused-ring (bicyclic) bond motifs is 1. The number of amides is 2. The van der Waals surface area contributed by atoms with E-state index in [1.165, 1.54) is 0 Å². The van der Waals surface area contributed by atoms with E-state index in [0.717, 1.165) is 16.8 Å². The Hall–Kier alpha value is -3.35. The Morgan fingerprint density at radius 1 is 1.19 bits per heavy atom. The van der Waals surface area contributed by atoms with Gasteiger partial charge < -0.3 is 9.73 Å². The summed E-state index contributed by atoms with van der Waals surface area (Å²) in [6.45, 7) is 11.7. The van der Waals surface area contributed by atoms with Crippen molar-refractivity contribution >= 4 is 17.5 Å². The molecule has 3 aromatic rings. The second kappa shape index (κ2) is 7.11. The van der Waals surface area contributed by atoms with Crippen LogP contribution in [-0.2, 0) is 11.3 Å². The van der Waals surface area contributed by atoms with Gasteiger partial charge >= 0.3 is 0 Å². The molecule has 0 saturated heterocycles. The molecule has 2 aromatic heterocycles. The van der Waals surface area contributed by atoms with Gasteiger partial charge in [-0.3, -0.25) is 19.2 Å². The zero-order valence-electron chi connectivity index (χ0n) is 18.8. The van der Waals surface area contributed by atoms with Crippen LogP contribution in [0, 0.1) is 13.8 Å². The van der Waals surface area contributed by atoms with Crippen LogP contribution in [0.5, 0.6) is 0 Å². The number of aromatic nitrogens is 2. The van der Waals surface area contributed by atoms with E-state index in [4.69, 9.17) is 4.42 Å².